The van der Waals surface area contributed by atoms with Gasteiger partial charge in [-0.05, 0) is 17.5 Å². The molecule has 1 heterocycles. The first-order valence-electron chi connectivity index (χ1n) is 9.09. The van der Waals surface area contributed by atoms with Crippen molar-refractivity contribution >= 4 is 28.7 Å². The number of carbonyl (C=O) groups excluding carboxylic acids is 2. The molecule has 0 radical (unpaired) electrons. The van der Waals surface area contributed by atoms with E-state index in [1.165, 1.54) is 5.56 Å². The van der Waals surface area contributed by atoms with Gasteiger partial charge in [0.25, 0.3) is 5.91 Å². The average molecular weight is 440 g/mol. The Hall–Kier alpha value is -2.79. The minimum absolute atomic E-state index is 0. The smallest absolute Gasteiger partial charge is 0.252 e. The zero-order chi connectivity index (χ0) is 19.1. The number of aromatic nitrogens is 1. The van der Waals surface area contributed by atoms with E-state index in [0.717, 1.165) is 12.0 Å². The molecule has 3 aromatic rings. The van der Waals surface area contributed by atoms with Gasteiger partial charge < -0.3 is 5.32 Å². The van der Waals surface area contributed by atoms with Crippen molar-refractivity contribution in [1.82, 2.24) is 5.32 Å². The Bertz CT molecular complexity index is 908. The molecule has 0 bridgehead atoms. The summed E-state index contributed by atoms with van der Waals surface area (Å²) in [7, 11) is 0. The van der Waals surface area contributed by atoms with E-state index in [-0.39, 0.29) is 35.2 Å². The third kappa shape index (κ3) is 5.86. The highest BCUT2D eigenvalue weighted by molar-refractivity contribution is 8.93. The molecule has 1 N–H and O–H groups in total. The standard InChI is InChI=1S/C23H22N2O2.BrH/c1-2-18-8-10-20(11-9-18)22(26)17-25-14-12-21(13-15-25)23(27)24-16-19-6-4-3-5-7-19;/h3-15H,2,16-17H2,1H3;1H/p+1. The maximum atomic E-state index is 12.4. The number of hydrogen-bond acceptors (Lipinski definition) is 2. The summed E-state index contributed by atoms with van der Waals surface area (Å²) in [6, 6.07) is 20.9. The van der Waals surface area contributed by atoms with Crippen LogP contribution < -0.4 is 9.88 Å². The predicted octanol–water partition coefficient (Wildman–Crippen LogP) is 3.93. The van der Waals surface area contributed by atoms with Crippen LogP contribution in [0.1, 0.15) is 38.8 Å². The van der Waals surface area contributed by atoms with Crippen LogP contribution in [0.15, 0.2) is 79.1 Å². The fourth-order valence-corrected chi connectivity index (χ4v) is 2.78. The van der Waals surface area contributed by atoms with E-state index in [4.69, 9.17) is 0 Å². The topological polar surface area (TPSA) is 50.0 Å². The third-order valence-electron chi connectivity index (χ3n) is 4.46. The number of benzene rings is 2. The lowest BCUT2D eigenvalue weighted by molar-refractivity contribution is -0.683. The molecule has 0 aliphatic carbocycles. The van der Waals surface area contributed by atoms with Crippen LogP contribution in [0.2, 0.25) is 0 Å². The number of rotatable bonds is 7. The predicted molar refractivity (Wildman–Crippen MR) is 115 cm³/mol. The van der Waals surface area contributed by atoms with Crippen molar-refractivity contribution in [3.05, 3.63) is 101 Å². The van der Waals surface area contributed by atoms with Crippen molar-refractivity contribution in [3.63, 3.8) is 0 Å². The van der Waals surface area contributed by atoms with E-state index < -0.39 is 0 Å². The van der Waals surface area contributed by atoms with E-state index in [1.54, 1.807) is 29.1 Å². The molecule has 0 spiro atoms. The monoisotopic (exact) mass is 439 g/mol. The lowest BCUT2D eigenvalue weighted by Crippen LogP contribution is -2.37. The van der Waals surface area contributed by atoms with Gasteiger partial charge in [0.15, 0.2) is 12.4 Å². The normalized spacial score (nSPS) is 10.0. The van der Waals surface area contributed by atoms with Crippen LogP contribution in [-0.4, -0.2) is 11.7 Å². The molecule has 2 aromatic carbocycles. The zero-order valence-corrected chi connectivity index (χ0v) is 17.5. The Morgan fingerprint density at radius 1 is 0.821 bits per heavy atom. The van der Waals surface area contributed by atoms with Crippen molar-refractivity contribution in [2.24, 2.45) is 0 Å². The van der Waals surface area contributed by atoms with Crippen LogP contribution in [0.3, 0.4) is 0 Å². The first-order valence-corrected chi connectivity index (χ1v) is 9.09. The molecule has 0 aliphatic rings. The molecule has 1 amide bonds. The molecule has 0 saturated heterocycles. The van der Waals surface area contributed by atoms with Crippen molar-refractivity contribution in [3.8, 4) is 0 Å². The van der Waals surface area contributed by atoms with E-state index in [9.17, 15) is 9.59 Å². The number of Topliss-reactive ketones (excluding diaryl/α,β-unsaturated/α-hetero) is 1. The van der Waals surface area contributed by atoms with Crippen LogP contribution in [-0.2, 0) is 19.5 Å². The van der Waals surface area contributed by atoms with Crippen molar-refractivity contribution in [1.29, 1.82) is 0 Å². The quantitative estimate of drug-likeness (QED) is 0.447. The number of hydrogen-bond donors (Lipinski definition) is 1. The molecule has 5 heteroatoms. The Balaban J connectivity index is 0.00000280. The number of halogens is 1. The number of nitrogens with zero attached hydrogens (tertiary/aromatic N) is 1. The molecule has 0 saturated carbocycles. The van der Waals surface area contributed by atoms with Crippen LogP contribution in [0.5, 0.6) is 0 Å². The summed E-state index contributed by atoms with van der Waals surface area (Å²) < 4.78 is 1.78. The molecule has 4 nitrogen and oxygen atoms in total. The number of carbonyl (C=O) groups is 2. The highest BCUT2D eigenvalue weighted by atomic mass is 79.9. The van der Waals surface area contributed by atoms with Gasteiger partial charge in [0.05, 0.1) is 5.56 Å². The molecular weight excluding hydrogens is 416 g/mol. The van der Waals surface area contributed by atoms with Gasteiger partial charge in [-0.3, -0.25) is 9.59 Å². The number of nitrogens with one attached hydrogen (secondary N) is 1. The first kappa shape index (κ1) is 21.5. The number of pyridine rings is 1. The van der Waals surface area contributed by atoms with Crippen molar-refractivity contribution in [2.75, 3.05) is 0 Å². The summed E-state index contributed by atoms with van der Waals surface area (Å²) in [6.07, 6.45) is 4.47. The van der Waals surface area contributed by atoms with Crippen LogP contribution in [0.25, 0.3) is 0 Å². The maximum Gasteiger partial charge on any atom is 0.252 e. The van der Waals surface area contributed by atoms with Gasteiger partial charge in [0.2, 0.25) is 12.3 Å². The lowest BCUT2D eigenvalue weighted by Gasteiger charge is -2.05. The Morgan fingerprint density at radius 2 is 1.46 bits per heavy atom. The largest absolute Gasteiger partial charge is 0.348 e. The minimum atomic E-state index is -0.132. The molecule has 28 heavy (non-hydrogen) atoms. The van der Waals surface area contributed by atoms with Crippen LogP contribution in [0.4, 0.5) is 0 Å². The summed E-state index contributed by atoms with van der Waals surface area (Å²) in [5.74, 6) is -0.0867. The maximum absolute atomic E-state index is 12.4. The average Bonchev–Trinajstić information content (AvgIpc) is 2.73. The highest BCUT2D eigenvalue weighted by Gasteiger charge is 2.13. The van der Waals surface area contributed by atoms with Gasteiger partial charge in [-0.25, -0.2) is 0 Å². The minimum Gasteiger partial charge on any atom is -0.348 e. The molecule has 0 fully saturated rings. The Morgan fingerprint density at radius 3 is 2.07 bits per heavy atom. The second-order valence-corrected chi connectivity index (χ2v) is 6.40. The summed E-state index contributed by atoms with van der Waals surface area (Å²) in [5, 5.41) is 2.90. The molecule has 0 aliphatic heterocycles. The molecule has 1 aromatic heterocycles. The fourth-order valence-electron chi connectivity index (χ4n) is 2.78. The van der Waals surface area contributed by atoms with Gasteiger partial charge in [0.1, 0.15) is 0 Å². The third-order valence-corrected chi connectivity index (χ3v) is 4.46. The number of amides is 1. The van der Waals surface area contributed by atoms with Gasteiger partial charge in [-0.15, -0.1) is 17.0 Å². The van der Waals surface area contributed by atoms with Gasteiger partial charge in [-0.2, -0.15) is 4.57 Å². The summed E-state index contributed by atoms with van der Waals surface area (Å²) >= 11 is 0. The Labute approximate surface area is 176 Å². The van der Waals surface area contributed by atoms with E-state index in [0.29, 0.717) is 17.7 Å². The van der Waals surface area contributed by atoms with Crippen molar-refractivity contribution in [2.45, 2.75) is 26.4 Å². The van der Waals surface area contributed by atoms with Crippen molar-refractivity contribution < 1.29 is 14.2 Å². The molecule has 0 atom stereocenters. The van der Waals surface area contributed by atoms with Gasteiger partial charge in [0, 0.05) is 24.2 Å². The molecule has 0 unspecified atom stereocenters. The second-order valence-electron chi connectivity index (χ2n) is 6.40. The highest BCUT2D eigenvalue weighted by Crippen LogP contribution is 2.06. The first-order chi connectivity index (χ1) is 13.2. The summed E-state index contributed by atoms with van der Waals surface area (Å²) in [6.45, 7) is 2.82. The molecule has 144 valence electrons. The van der Waals surface area contributed by atoms with Crippen LogP contribution >= 0.6 is 17.0 Å². The summed E-state index contributed by atoms with van der Waals surface area (Å²) in [4.78, 5) is 24.6. The van der Waals surface area contributed by atoms with Crippen LogP contribution in [0, 0.1) is 0 Å². The zero-order valence-electron chi connectivity index (χ0n) is 15.8. The SMILES string of the molecule is Br.CCc1ccc(C(=O)C[n+]2ccc(C(=O)NCc3ccccc3)cc2)cc1. The molecule has 3 rings (SSSR count). The van der Waals surface area contributed by atoms with E-state index in [1.807, 2.05) is 54.6 Å². The second kappa shape index (κ2) is 10.5. The van der Waals surface area contributed by atoms with E-state index >= 15 is 0 Å². The Kier molecular flexibility index (Phi) is 8.08. The molecular formula is C23H24BrN2O2+. The summed E-state index contributed by atoms with van der Waals surface area (Å²) in [5.41, 5.74) is 3.54. The van der Waals surface area contributed by atoms with Gasteiger partial charge in [-0.1, -0.05) is 61.5 Å². The fraction of sp³-hybridized carbons (Fsp3) is 0.174. The lowest BCUT2D eigenvalue weighted by atomic mass is 10.1. The van der Waals surface area contributed by atoms with E-state index in [2.05, 4.69) is 12.2 Å². The number of aryl methyl sites for hydroxylation is 1. The number of ketones is 1. The van der Waals surface area contributed by atoms with Gasteiger partial charge >= 0.3 is 0 Å².